The minimum absolute atomic E-state index is 0.266. The third-order valence-corrected chi connectivity index (χ3v) is 3.61. The largest absolute Gasteiger partial charge is 0.294 e. The van der Waals surface area contributed by atoms with Crippen molar-refractivity contribution in [1.29, 1.82) is 0 Å². The van der Waals surface area contributed by atoms with Gasteiger partial charge < -0.3 is 0 Å². The molecule has 1 aromatic carbocycles. The molecular weight excluding hydrogens is 240 g/mol. The fraction of sp³-hybridized carbons (Fsp3) is 0.562. The summed E-state index contributed by atoms with van der Waals surface area (Å²) in [4.78, 5) is 13.4. The number of ketones is 1. The molecule has 0 saturated carbocycles. The van der Waals surface area contributed by atoms with Crippen molar-refractivity contribution >= 4 is 17.5 Å². The maximum absolute atomic E-state index is 12.2. The molecule has 0 radical (unpaired) electrons. The molecule has 0 fully saturated rings. The van der Waals surface area contributed by atoms with Crippen LogP contribution in [0.25, 0.3) is 0 Å². The average Bonchev–Trinajstić information content (AvgIpc) is 2.26. The lowest BCUT2D eigenvalue weighted by molar-refractivity contribution is 0.0954. The first-order chi connectivity index (χ1) is 8.31. The van der Waals surface area contributed by atoms with Crippen LogP contribution in [0.1, 0.15) is 50.9 Å². The molecule has 0 amide bonds. The third kappa shape index (κ3) is 5.26. The van der Waals surface area contributed by atoms with Crippen molar-refractivity contribution in [2.24, 2.45) is 11.3 Å². The Hall–Kier alpha value is -0.760. The van der Waals surface area contributed by atoms with Crippen molar-refractivity contribution in [2.75, 3.05) is 6.26 Å². The molecule has 1 rings (SSSR count). The van der Waals surface area contributed by atoms with Crippen LogP contribution in [0.3, 0.4) is 0 Å². The van der Waals surface area contributed by atoms with Gasteiger partial charge >= 0.3 is 0 Å². The Morgan fingerprint density at radius 3 is 2.56 bits per heavy atom. The van der Waals surface area contributed by atoms with E-state index in [1.165, 1.54) is 0 Å². The number of thioether (sulfide) groups is 1. The number of carbonyl (C=O) groups excluding carboxylic acids is 1. The summed E-state index contributed by atoms with van der Waals surface area (Å²) in [7, 11) is 0. The maximum atomic E-state index is 12.2. The first-order valence-corrected chi connectivity index (χ1v) is 7.71. The molecule has 2 heteroatoms. The summed E-state index contributed by atoms with van der Waals surface area (Å²) in [6.45, 7) is 8.84. The highest BCUT2D eigenvalue weighted by Gasteiger charge is 2.18. The van der Waals surface area contributed by atoms with Crippen molar-refractivity contribution in [1.82, 2.24) is 0 Å². The zero-order chi connectivity index (χ0) is 13.8. The summed E-state index contributed by atoms with van der Waals surface area (Å²) in [5, 5.41) is 0. The third-order valence-electron chi connectivity index (χ3n) is 2.89. The SMILES string of the molecule is CSc1cccc(C(=O)CC(C)CC(C)(C)C)c1. The van der Waals surface area contributed by atoms with Crippen LogP contribution in [0.4, 0.5) is 0 Å². The first-order valence-electron chi connectivity index (χ1n) is 6.49. The zero-order valence-electron chi connectivity index (χ0n) is 12.1. The van der Waals surface area contributed by atoms with E-state index < -0.39 is 0 Å². The van der Waals surface area contributed by atoms with Crippen LogP contribution in [0, 0.1) is 11.3 Å². The van der Waals surface area contributed by atoms with E-state index in [9.17, 15) is 4.79 Å². The van der Waals surface area contributed by atoms with E-state index in [1.807, 2.05) is 30.5 Å². The van der Waals surface area contributed by atoms with Crippen LogP contribution >= 0.6 is 11.8 Å². The van der Waals surface area contributed by atoms with E-state index >= 15 is 0 Å². The summed E-state index contributed by atoms with van der Waals surface area (Å²) in [5.41, 5.74) is 1.14. The van der Waals surface area contributed by atoms with Crippen LogP contribution in [0.15, 0.2) is 29.2 Å². The number of carbonyl (C=O) groups is 1. The Kier molecular flexibility index (Phi) is 5.46. The molecule has 0 aliphatic heterocycles. The van der Waals surface area contributed by atoms with Gasteiger partial charge in [-0.15, -0.1) is 11.8 Å². The molecule has 0 aliphatic rings. The highest BCUT2D eigenvalue weighted by molar-refractivity contribution is 7.98. The number of rotatable bonds is 5. The molecule has 0 aliphatic carbocycles. The van der Waals surface area contributed by atoms with Crippen LogP contribution in [-0.4, -0.2) is 12.0 Å². The summed E-state index contributed by atoms with van der Waals surface area (Å²) >= 11 is 1.68. The lowest BCUT2D eigenvalue weighted by atomic mass is 9.83. The van der Waals surface area contributed by atoms with Gasteiger partial charge in [0.2, 0.25) is 0 Å². The predicted octanol–water partition coefficient (Wildman–Crippen LogP) is 5.05. The van der Waals surface area contributed by atoms with E-state index in [-0.39, 0.29) is 5.78 Å². The predicted molar refractivity (Wildman–Crippen MR) is 80.4 cm³/mol. The van der Waals surface area contributed by atoms with Crippen LogP contribution in [0.2, 0.25) is 0 Å². The molecule has 0 spiro atoms. The van der Waals surface area contributed by atoms with Crippen molar-refractivity contribution in [3.05, 3.63) is 29.8 Å². The van der Waals surface area contributed by atoms with Gasteiger partial charge in [-0.2, -0.15) is 0 Å². The number of hydrogen-bond donors (Lipinski definition) is 0. The Morgan fingerprint density at radius 2 is 2.00 bits per heavy atom. The van der Waals surface area contributed by atoms with Gasteiger partial charge in [0.25, 0.3) is 0 Å². The summed E-state index contributed by atoms with van der Waals surface area (Å²) in [6.07, 6.45) is 3.77. The van der Waals surface area contributed by atoms with Gasteiger partial charge in [-0.1, -0.05) is 39.8 Å². The second-order valence-electron chi connectivity index (χ2n) is 6.23. The second-order valence-corrected chi connectivity index (χ2v) is 7.11. The number of hydrogen-bond acceptors (Lipinski definition) is 2. The lowest BCUT2D eigenvalue weighted by Gasteiger charge is -2.22. The van der Waals surface area contributed by atoms with E-state index in [1.54, 1.807) is 11.8 Å². The van der Waals surface area contributed by atoms with Crippen molar-refractivity contribution in [3.63, 3.8) is 0 Å². The van der Waals surface area contributed by atoms with Gasteiger partial charge in [0, 0.05) is 16.9 Å². The molecule has 100 valence electrons. The molecule has 0 heterocycles. The normalized spacial score (nSPS) is 13.4. The molecule has 1 aromatic rings. The molecule has 18 heavy (non-hydrogen) atoms. The molecule has 1 unspecified atom stereocenters. The highest BCUT2D eigenvalue weighted by atomic mass is 32.2. The summed E-state index contributed by atoms with van der Waals surface area (Å²) in [6, 6.07) is 7.93. The minimum atomic E-state index is 0.266. The summed E-state index contributed by atoms with van der Waals surface area (Å²) < 4.78 is 0. The Morgan fingerprint density at radius 1 is 1.33 bits per heavy atom. The average molecular weight is 264 g/mol. The van der Waals surface area contributed by atoms with Crippen LogP contribution in [0.5, 0.6) is 0 Å². The number of benzene rings is 1. The highest BCUT2D eigenvalue weighted by Crippen LogP contribution is 2.27. The molecule has 0 saturated heterocycles. The fourth-order valence-electron chi connectivity index (χ4n) is 2.35. The van der Waals surface area contributed by atoms with E-state index in [4.69, 9.17) is 0 Å². The minimum Gasteiger partial charge on any atom is -0.294 e. The molecule has 1 nitrogen and oxygen atoms in total. The van der Waals surface area contributed by atoms with Gasteiger partial charge in [-0.3, -0.25) is 4.79 Å². The van der Waals surface area contributed by atoms with Gasteiger partial charge in [-0.05, 0) is 36.1 Å². The molecule has 0 N–H and O–H groups in total. The van der Waals surface area contributed by atoms with Crippen molar-refractivity contribution in [3.8, 4) is 0 Å². The molecule has 0 aromatic heterocycles. The zero-order valence-corrected chi connectivity index (χ0v) is 12.9. The molecule has 0 bridgehead atoms. The van der Waals surface area contributed by atoms with E-state index in [0.717, 1.165) is 16.9 Å². The van der Waals surface area contributed by atoms with Gasteiger partial charge in [-0.25, -0.2) is 0 Å². The van der Waals surface area contributed by atoms with Crippen molar-refractivity contribution < 1.29 is 4.79 Å². The Labute approximate surface area is 115 Å². The van der Waals surface area contributed by atoms with E-state index in [0.29, 0.717) is 17.8 Å². The molecule has 1 atom stereocenters. The Bertz CT molecular complexity index is 404. The van der Waals surface area contributed by atoms with Gasteiger partial charge in [0.05, 0.1) is 0 Å². The standard InChI is InChI=1S/C16H24OS/c1-12(11-16(2,3)4)9-15(17)13-7-6-8-14(10-13)18-5/h6-8,10,12H,9,11H2,1-5H3. The molecular formula is C16H24OS. The lowest BCUT2D eigenvalue weighted by Crippen LogP contribution is -2.14. The fourth-order valence-corrected chi connectivity index (χ4v) is 2.81. The van der Waals surface area contributed by atoms with E-state index in [2.05, 4.69) is 27.7 Å². The summed E-state index contributed by atoms with van der Waals surface area (Å²) in [5.74, 6) is 0.707. The monoisotopic (exact) mass is 264 g/mol. The van der Waals surface area contributed by atoms with Crippen LogP contribution in [-0.2, 0) is 0 Å². The van der Waals surface area contributed by atoms with Crippen molar-refractivity contribution in [2.45, 2.75) is 45.4 Å². The smallest absolute Gasteiger partial charge is 0.163 e. The maximum Gasteiger partial charge on any atom is 0.163 e. The second kappa shape index (κ2) is 6.42. The quantitative estimate of drug-likeness (QED) is 0.546. The number of Topliss-reactive ketones (excluding diaryl/α,β-unsaturated/α-hetero) is 1. The topological polar surface area (TPSA) is 17.1 Å². The van der Waals surface area contributed by atoms with Gasteiger partial charge in [0.15, 0.2) is 5.78 Å². The Balaban J connectivity index is 2.64. The first kappa shape index (κ1) is 15.3. The van der Waals surface area contributed by atoms with Crippen LogP contribution < -0.4 is 0 Å². The van der Waals surface area contributed by atoms with Gasteiger partial charge in [0.1, 0.15) is 0 Å².